The molecule has 1 saturated heterocycles. The van der Waals surface area contributed by atoms with Crippen LogP contribution in [0, 0.1) is 13.8 Å². The van der Waals surface area contributed by atoms with Gasteiger partial charge in [-0.2, -0.15) is 0 Å². The first-order valence-electron chi connectivity index (χ1n) is 7.51. The summed E-state index contributed by atoms with van der Waals surface area (Å²) in [4.78, 5) is 24.0. The number of hydrogen-bond acceptors (Lipinski definition) is 5. The zero-order chi connectivity index (χ0) is 16.3. The number of carbonyl (C=O) groups is 2. The SMILES string of the molecule is Cc1cc(O)cc(C)c1CC(N)C(=O)NC(=O)C1CCCN1. The van der Waals surface area contributed by atoms with Crippen LogP contribution in [0.15, 0.2) is 12.1 Å². The van der Waals surface area contributed by atoms with E-state index >= 15 is 0 Å². The summed E-state index contributed by atoms with van der Waals surface area (Å²) in [6, 6.07) is 2.18. The molecule has 1 aromatic carbocycles. The highest BCUT2D eigenvalue weighted by molar-refractivity contribution is 6.00. The van der Waals surface area contributed by atoms with Crippen LogP contribution in [-0.2, 0) is 16.0 Å². The molecule has 5 N–H and O–H groups in total. The van der Waals surface area contributed by atoms with Crippen molar-refractivity contribution in [2.75, 3.05) is 6.54 Å². The molecular weight excluding hydrogens is 282 g/mol. The van der Waals surface area contributed by atoms with Crippen molar-refractivity contribution in [2.45, 2.75) is 45.2 Å². The molecule has 2 unspecified atom stereocenters. The summed E-state index contributed by atoms with van der Waals surface area (Å²) >= 11 is 0. The quantitative estimate of drug-likeness (QED) is 0.639. The smallest absolute Gasteiger partial charge is 0.243 e. The lowest BCUT2D eigenvalue weighted by molar-refractivity contribution is -0.132. The molecule has 1 heterocycles. The molecular formula is C16H23N3O3. The van der Waals surface area contributed by atoms with Crippen LogP contribution < -0.4 is 16.4 Å². The maximum Gasteiger partial charge on any atom is 0.243 e. The van der Waals surface area contributed by atoms with Crippen LogP contribution in [0.25, 0.3) is 0 Å². The molecule has 22 heavy (non-hydrogen) atoms. The van der Waals surface area contributed by atoms with Crippen LogP contribution in [0.4, 0.5) is 0 Å². The van der Waals surface area contributed by atoms with Crippen molar-refractivity contribution in [2.24, 2.45) is 5.73 Å². The maximum atomic E-state index is 12.1. The van der Waals surface area contributed by atoms with E-state index in [9.17, 15) is 14.7 Å². The zero-order valence-electron chi connectivity index (χ0n) is 13.0. The fourth-order valence-corrected chi connectivity index (χ4v) is 2.81. The van der Waals surface area contributed by atoms with Crippen LogP contribution in [0.1, 0.15) is 29.5 Å². The largest absolute Gasteiger partial charge is 0.508 e. The second-order valence-corrected chi connectivity index (χ2v) is 5.87. The molecule has 120 valence electrons. The number of rotatable bonds is 4. The Morgan fingerprint density at radius 2 is 2.05 bits per heavy atom. The van der Waals surface area contributed by atoms with Crippen LogP contribution in [0.2, 0.25) is 0 Å². The molecule has 6 heteroatoms. The van der Waals surface area contributed by atoms with E-state index in [1.165, 1.54) is 0 Å². The first kappa shape index (κ1) is 16.5. The Balaban J connectivity index is 1.98. The minimum absolute atomic E-state index is 0.194. The Bertz CT molecular complexity index is 557. The second-order valence-electron chi connectivity index (χ2n) is 5.87. The van der Waals surface area contributed by atoms with Gasteiger partial charge in [0, 0.05) is 0 Å². The van der Waals surface area contributed by atoms with E-state index in [0.29, 0.717) is 6.42 Å². The van der Waals surface area contributed by atoms with Gasteiger partial charge >= 0.3 is 0 Å². The number of amides is 2. The second kappa shape index (κ2) is 6.89. The molecule has 2 amide bonds. The zero-order valence-corrected chi connectivity index (χ0v) is 13.0. The van der Waals surface area contributed by atoms with Crippen molar-refractivity contribution in [3.05, 3.63) is 28.8 Å². The highest BCUT2D eigenvalue weighted by atomic mass is 16.3. The van der Waals surface area contributed by atoms with Gasteiger partial charge in [-0.3, -0.25) is 14.9 Å². The first-order chi connectivity index (χ1) is 10.4. The molecule has 0 spiro atoms. The molecule has 6 nitrogen and oxygen atoms in total. The number of nitrogens with one attached hydrogen (secondary N) is 2. The highest BCUT2D eigenvalue weighted by Gasteiger charge is 2.25. The van der Waals surface area contributed by atoms with Crippen molar-refractivity contribution < 1.29 is 14.7 Å². The summed E-state index contributed by atoms with van der Waals surface area (Å²) in [5, 5.41) is 15.0. The van der Waals surface area contributed by atoms with E-state index in [0.717, 1.165) is 36.1 Å². The number of nitrogens with two attached hydrogens (primary N) is 1. The lowest BCUT2D eigenvalue weighted by Gasteiger charge is -2.17. The standard InChI is InChI=1S/C16H23N3O3/c1-9-6-11(20)7-10(2)12(9)8-13(17)15(21)19-16(22)14-4-3-5-18-14/h6-7,13-14,18,20H,3-5,8,17H2,1-2H3,(H,19,21,22). The van der Waals surface area contributed by atoms with Gasteiger partial charge in [-0.25, -0.2) is 0 Å². The highest BCUT2D eigenvalue weighted by Crippen LogP contribution is 2.21. The maximum absolute atomic E-state index is 12.1. The van der Waals surface area contributed by atoms with Gasteiger partial charge in [0.1, 0.15) is 5.75 Å². The third-order valence-electron chi connectivity index (χ3n) is 4.06. The summed E-state index contributed by atoms with van der Waals surface area (Å²) in [6.07, 6.45) is 2.00. The first-order valence-corrected chi connectivity index (χ1v) is 7.51. The number of benzene rings is 1. The normalized spacial score (nSPS) is 19.0. The molecule has 2 atom stereocenters. The molecule has 0 aliphatic carbocycles. The summed E-state index contributed by atoms with van der Waals surface area (Å²) in [5.74, 6) is -0.582. The van der Waals surface area contributed by atoms with Crippen LogP contribution in [0.3, 0.4) is 0 Å². The Hall–Kier alpha value is -1.92. The van der Waals surface area contributed by atoms with Crippen molar-refractivity contribution >= 4 is 11.8 Å². The van der Waals surface area contributed by atoms with E-state index in [1.807, 2.05) is 13.8 Å². The van der Waals surface area contributed by atoms with Crippen LogP contribution in [0.5, 0.6) is 5.75 Å². The van der Waals surface area contributed by atoms with Crippen LogP contribution >= 0.6 is 0 Å². The molecule has 2 rings (SSSR count). The summed E-state index contributed by atoms with van der Waals surface area (Å²) in [5.41, 5.74) is 8.61. The topological polar surface area (TPSA) is 104 Å². The molecule has 1 aliphatic heterocycles. The monoisotopic (exact) mass is 305 g/mol. The number of phenols is 1. The number of phenolic OH excluding ortho intramolecular Hbond substituents is 1. The van der Waals surface area contributed by atoms with E-state index in [4.69, 9.17) is 5.73 Å². The van der Waals surface area contributed by atoms with Gasteiger partial charge in [0.2, 0.25) is 11.8 Å². The third kappa shape index (κ3) is 3.84. The van der Waals surface area contributed by atoms with Crippen molar-refractivity contribution in [3.8, 4) is 5.75 Å². The Morgan fingerprint density at radius 1 is 1.41 bits per heavy atom. The molecule has 0 bridgehead atoms. The predicted molar refractivity (Wildman–Crippen MR) is 83.4 cm³/mol. The summed E-state index contributed by atoms with van der Waals surface area (Å²) in [7, 11) is 0. The van der Waals surface area contributed by atoms with Crippen molar-refractivity contribution in [1.82, 2.24) is 10.6 Å². The number of hydrogen-bond donors (Lipinski definition) is 4. The fourth-order valence-electron chi connectivity index (χ4n) is 2.81. The molecule has 1 aliphatic rings. The van der Waals surface area contributed by atoms with E-state index < -0.39 is 11.9 Å². The summed E-state index contributed by atoms with van der Waals surface area (Å²) in [6.45, 7) is 4.52. The van der Waals surface area contributed by atoms with Gasteiger partial charge < -0.3 is 16.2 Å². The molecule has 1 aromatic rings. The minimum Gasteiger partial charge on any atom is -0.508 e. The Labute approximate surface area is 130 Å². The van der Waals surface area contributed by atoms with E-state index in [1.54, 1.807) is 12.1 Å². The fraction of sp³-hybridized carbons (Fsp3) is 0.500. The molecule has 0 aromatic heterocycles. The summed E-state index contributed by atoms with van der Waals surface area (Å²) < 4.78 is 0. The lowest BCUT2D eigenvalue weighted by atomic mass is 9.96. The molecule has 0 saturated carbocycles. The molecule has 1 fully saturated rings. The van der Waals surface area contributed by atoms with E-state index in [2.05, 4.69) is 10.6 Å². The predicted octanol–water partition coefficient (Wildman–Crippen LogP) is 0.274. The number of carbonyl (C=O) groups excluding carboxylic acids is 2. The Morgan fingerprint density at radius 3 is 2.59 bits per heavy atom. The average Bonchev–Trinajstić information content (AvgIpc) is 2.96. The van der Waals surface area contributed by atoms with Gasteiger partial charge in [-0.1, -0.05) is 0 Å². The number of imide groups is 1. The van der Waals surface area contributed by atoms with E-state index in [-0.39, 0.29) is 17.7 Å². The van der Waals surface area contributed by atoms with Gasteiger partial charge in [0.05, 0.1) is 12.1 Å². The minimum atomic E-state index is -0.799. The molecule has 0 radical (unpaired) electrons. The Kier molecular flexibility index (Phi) is 5.15. The lowest BCUT2D eigenvalue weighted by Crippen LogP contribution is -2.49. The van der Waals surface area contributed by atoms with Crippen LogP contribution in [-0.4, -0.2) is 35.5 Å². The van der Waals surface area contributed by atoms with Crippen molar-refractivity contribution in [1.29, 1.82) is 0 Å². The third-order valence-corrected chi connectivity index (χ3v) is 4.06. The average molecular weight is 305 g/mol. The van der Waals surface area contributed by atoms with Gasteiger partial charge in [0.15, 0.2) is 0 Å². The van der Waals surface area contributed by atoms with Crippen molar-refractivity contribution in [3.63, 3.8) is 0 Å². The van der Waals surface area contributed by atoms with Gasteiger partial charge in [-0.05, 0) is 68.5 Å². The van der Waals surface area contributed by atoms with Gasteiger partial charge in [0.25, 0.3) is 0 Å². The number of aryl methyl sites for hydroxylation is 2. The number of aromatic hydroxyl groups is 1. The van der Waals surface area contributed by atoms with Gasteiger partial charge in [-0.15, -0.1) is 0 Å².